The summed E-state index contributed by atoms with van der Waals surface area (Å²) < 4.78 is 17.3. The molecule has 4 heteroatoms. The summed E-state index contributed by atoms with van der Waals surface area (Å²) in [5.41, 5.74) is 7.46. The van der Waals surface area contributed by atoms with E-state index in [1.807, 2.05) is 25.1 Å². The number of benzene rings is 1. The van der Waals surface area contributed by atoms with E-state index in [-0.39, 0.29) is 17.6 Å². The van der Waals surface area contributed by atoms with Crippen molar-refractivity contribution in [3.63, 3.8) is 0 Å². The molecule has 2 atom stereocenters. The van der Waals surface area contributed by atoms with Gasteiger partial charge in [-0.05, 0) is 30.0 Å². The largest absolute Gasteiger partial charge is 0.490 e. The summed E-state index contributed by atoms with van der Waals surface area (Å²) in [5.74, 6) is 1.58. The van der Waals surface area contributed by atoms with E-state index < -0.39 is 0 Å². The summed E-state index contributed by atoms with van der Waals surface area (Å²) in [6.07, 6.45) is 0.854. The molecule has 2 rings (SSSR count). The van der Waals surface area contributed by atoms with Crippen molar-refractivity contribution in [2.45, 2.75) is 46.3 Å². The summed E-state index contributed by atoms with van der Waals surface area (Å²) in [5, 5.41) is 0. The van der Waals surface area contributed by atoms with Gasteiger partial charge in [0.25, 0.3) is 0 Å². The zero-order valence-corrected chi connectivity index (χ0v) is 13.5. The lowest BCUT2D eigenvalue weighted by Gasteiger charge is -2.35. The van der Waals surface area contributed by atoms with E-state index in [2.05, 4.69) is 20.8 Å². The molecule has 4 nitrogen and oxygen atoms in total. The first-order chi connectivity index (χ1) is 9.93. The van der Waals surface area contributed by atoms with Gasteiger partial charge < -0.3 is 19.9 Å². The van der Waals surface area contributed by atoms with Gasteiger partial charge in [-0.3, -0.25) is 0 Å². The molecule has 0 bridgehead atoms. The van der Waals surface area contributed by atoms with Crippen molar-refractivity contribution in [1.29, 1.82) is 0 Å². The Hall–Kier alpha value is -1.26. The van der Waals surface area contributed by atoms with Crippen molar-refractivity contribution >= 4 is 0 Å². The third-order valence-corrected chi connectivity index (χ3v) is 3.68. The Bertz CT molecular complexity index is 468. The van der Waals surface area contributed by atoms with Crippen LogP contribution in [0.1, 0.15) is 45.7 Å². The Balaban J connectivity index is 2.25. The predicted octanol–water partition coefficient (Wildman–Crippen LogP) is 3.30. The Morgan fingerprint density at radius 1 is 1.19 bits per heavy atom. The van der Waals surface area contributed by atoms with Crippen molar-refractivity contribution in [1.82, 2.24) is 0 Å². The molecular weight excluding hydrogens is 266 g/mol. The van der Waals surface area contributed by atoms with Gasteiger partial charge in [-0.2, -0.15) is 0 Å². The fraction of sp³-hybridized carbons (Fsp3) is 0.647. The lowest BCUT2D eigenvalue weighted by atomic mass is 9.82. The summed E-state index contributed by atoms with van der Waals surface area (Å²) in [6.45, 7) is 10.5. The molecule has 21 heavy (non-hydrogen) atoms. The molecule has 1 aromatic rings. The third kappa shape index (κ3) is 3.89. The summed E-state index contributed by atoms with van der Waals surface area (Å²) in [7, 11) is 0. The summed E-state index contributed by atoms with van der Waals surface area (Å²) >= 11 is 0. The molecule has 2 unspecified atom stereocenters. The number of rotatable bonds is 4. The van der Waals surface area contributed by atoms with E-state index in [0.717, 1.165) is 23.5 Å². The average Bonchev–Trinajstić information content (AvgIpc) is 2.67. The lowest BCUT2D eigenvalue weighted by molar-refractivity contribution is -0.0283. The molecule has 0 aromatic heterocycles. The van der Waals surface area contributed by atoms with Gasteiger partial charge in [0.1, 0.15) is 0 Å². The van der Waals surface area contributed by atoms with Crippen LogP contribution in [0.25, 0.3) is 0 Å². The topological polar surface area (TPSA) is 53.7 Å². The SMILES string of the molecule is CCOC(C(N)c1ccc2c(c1)OCCCO2)C(C)(C)C. The molecule has 1 aliphatic rings. The highest BCUT2D eigenvalue weighted by molar-refractivity contribution is 5.44. The second-order valence-electron chi connectivity index (χ2n) is 6.52. The lowest BCUT2D eigenvalue weighted by Crippen LogP contribution is -2.39. The van der Waals surface area contributed by atoms with E-state index in [1.54, 1.807) is 0 Å². The van der Waals surface area contributed by atoms with E-state index >= 15 is 0 Å². The molecule has 1 aliphatic heterocycles. The summed E-state index contributed by atoms with van der Waals surface area (Å²) in [4.78, 5) is 0. The predicted molar refractivity (Wildman–Crippen MR) is 83.8 cm³/mol. The molecule has 0 aliphatic carbocycles. The van der Waals surface area contributed by atoms with E-state index in [0.29, 0.717) is 19.8 Å². The molecule has 1 aromatic carbocycles. The van der Waals surface area contributed by atoms with Crippen molar-refractivity contribution in [3.05, 3.63) is 23.8 Å². The van der Waals surface area contributed by atoms with Gasteiger partial charge in [-0.1, -0.05) is 26.8 Å². The maximum Gasteiger partial charge on any atom is 0.161 e. The van der Waals surface area contributed by atoms with Gasteiger partial charge in [-0.25, -0.2) is 0 Å². The minimum absolute atomic E-state index is 0.0282. The van der Waals surface area contributed by atoms with Gasteiger partial charge in [0.05, 0.1) is 25.4 Å². The Labute approximate surface area is 127 Å². The first-order valence-electron chi connectivity index (χ1n) is 7.70. The zero-order chi connectivity index (χ0) is 15.5. The van der Waals surface area contributed by atoms with Crippen molar-refractivity contribution in [2.75, 3.05) is 19.8 Å². The van der Waals surface area contributed by atoms with Crippen molar-refractivity contribution < 1.29 is 14.2 Å². The Morgan fingerprint density at radius 2 is 1.86 bits per heavy atom. The van der Waals surface area contributed by atoms with Crippen LogP contribution in [0.3, 0.4) is 0 Å². The number of nitrogens with two attached hydrogens (primary N) is 1. The van der Waals surface area contributed by atoms with Crippen LogP contribution in [0.2, 0.25) is 0 Å². The van der Waals surface area contributed by atoms with Crippen LogP contribution in [-0.2, 0) is 4.74 Å². The molecule has 0 radical (unpaired) electrons. The van der Waals surface area contributed by atoms with Crippen LogP contribution in [0.4, 0.5) is 0 Å². The normalized spacial score (nSPS) is 18.0. The molecule has 0 fully saturated rings. The quantitative estimate of drug-likeness (QED) is 0.925. The highest BCUT2D eigenvalue weighted by Gasteiger charge is 2.32. The van der Waals surface area contributed by atoms with Crippen molar-refractivity contribution in [2.24, 2.45) is 11.1 Å². The molecule has 1 heterocycles. The van der Waals surface area contributed by atoms with Crippen LogP contribution >= 0.6 is 0 Å². The molecule has 118 valence electrons. The second-order valence-corrected chi connectivity index (χ2v) is 6.52. The minimum Gasteiger partial charge on any atom is -0.490 e. The Kier molecular flexibility index (Phi) is 5.12. The fourth-order valence-corrected chi connectivity index (χ4v) is 2.63. The first-order valence-corrected chi connectivity index (χ1v) is 7.70. The van der Waals surface area contributed by atoms with Crippen molar-refractivity contribution in [3.8, 4) is 11.5 Å². The minimum atomic E-state index is -0.192. The first kappa shape index (κ1) is 16.1. The maximum absolute atomic E-state index is 6.46. The molecule has 0 saturated heterocycles. The van der Waals surface area contributed by atoms with Crippen LogP contribution < -0.4 is 15.2 Å². The molecular formula is C17H27NO3. The monoisotopic (exact) mass is 293 g/mol. The molecule has 2 N–H and O–H groups in total. The van der Waals surface area contributed by atoms with Gasteiger partial charge in [0, 0.05) is 13.0 Å². The Morgan fingerprint density at radius 3 is 2.48 bits per heavy atom. The third-order valence-electron chi connectivity index (χ3n) is 3.68. The highest BCUT2D eigenvalue weighted by atomic mass is 16.5. The smallest absolute Gasteiger partial charge is 0.161 e. The van der Waals surface area contributed by atoms with E-state index in [4.69, 9.17) is 19.9 Å². The fourth-order valence-electron chi connectivity index (χ4n) is 2.63. The van der Waals surface area contributed by atoms with Gasteiger partial charge in [-0.15, -0.1) is 0 Å². The van der Waals surface area contributed by atoms with Gasteiger partial charge in [0.2, 0.25) is 0 Å². The van der Waals surface area contributed by atoms with E-state index in [1.165, 1.54) is 0 Å². The molecule has 0 spiro atoms. The maximum atomic E-state index is 6.46. The van der Waals surface area contributed by atoms with Crippen LogP contribution in [0, 0.1) is 5.41 Å². The van der Waals surface area contributed by atoms with Crippen LogP contribution in [-0.4, -0.2) is 25.9 Å². The number of ether oxygens (including phenoxy) is 3. The van der Waals surface area contributed by atoms with Crippen LogP contribution in [0.5, 0.6) is 11.5 Å². The molecule has 0 amide bonds. The average molecular weight is 293 g/mol. The van der Waals surface area contributed by atoms with E-state index in [9.17, 15) is 0 Å². The number of hydrogen-bond donors (Lipinski definition) is 1. The standard InChI is InChI=1S/C17H27NO3/c1-5-19-16(17(2,3)4)15(18)12-7-8-13-14(11-12)21-10-6-9-20-13/h7-8,11,15-16H,5-6,9-10,18H2,1-4H3. The number of hydrogen-bond acceptors (Lipinski definition) is 4. The number of fused-ring (bicyclic) bond motifs is 1. The zero-order valence-electron chi connectivity index (χ0n) is 13.5. The summed E-state index contributed by atoms with van der Waals surface area (Å²) in [6, 6.07) is 5.75. The van der Waals surface area contributed by atoms with Gasteiger partial charge in [0.15, 0.2) is 11.5 Å². The second kappa shape index (κ2) is 6.67. The van der Waals surface area contributed by atoms with Crippen LogP contribution in [0.15, 0.2) is 18.2 Å². The van der Waals surface area contributed by atoms with Gasteiger partial charge >= 0.3 is 0 Å². The highest BCUT2D eigenvalue weighted by Crippen LogP contribution is 2.36. The molecule has 0 saturated carbocycles.